The Balaban J connectivity index is 1.73. The highest BCUT2D eigenvalue weighted by Gasteiger charge is 2.11. The van der Waals surface area contributed by atoms with Gasteiger partial charge in [0.1, 0.15) is 0 Å². The van der Waals surface area contributed by atoms with E-state index in [9.17, 15) is 4.79 Å². The summed E-state index contributed by atoms with van der Waals surface area (Å²) in [7, 11) is 0. The van der Waals surface area contributed by atoms with Crippen molar-refractivity contribution in [3.8, 4) is 0 Å². The number of hydrogen-bond acceptors (Lipinski definition) is 3. The molecule has 1 saturated heterocycles. The molecule has 2 heterocycles. The first kappa shape index (κ1) is 13.8. The van der Waals surface area contributed by atoms with Crippen molar-refractivity contribution in [3.05, 3.63) is 39.4 Å². The predicted molar refractivity (Wildman–Crippen MR) is 84.0 cm³/mol. The molecule has 106 valence electrons. The maximum absolute atomic E-state index is 12.4. The van der Waals surface area contributed by atoms with Gasteiger partial charge in [-0.3, -0.25) is 9.36 Å². The van der Waals surface area contributed by atoms with E-state index in [-0.39, 0.29) is 5.56 Å². The van der Waals surface area contributed by atoms with Crippen molar-refractivity contribution in [1.29, 1.82) is 0 Å². The fourth-order valence-corrected chi connectivity index (χ4v) is 3.11. The van der Waals surface area contributed by atoms with Crippen molar-refractivity contribution in [2.45, 2.75) is 25.8 Å². The number of nitrogens with zero attached hydrogens (tertiary/aromatic N) is 3. The van der Waals surface area contributed by atoms with Crippen molar-refractivity contribution in [3.63, 3.8) is 0 Å². The number of rotatable bonds is 4. The van der Waals surface area contributed by atoms with E-state index in [0.29, 0.717) is 5.39 Å². The van der Waals surface area contributed by atoms with Gasteiger partial charge in [-0.2, -0.15) is 0 Å². The number of benzene rings is 1. The van der Waals surface area contributed by atoms with Gasteiger partial charge in [0.15, 0.2) is 0 Å². The van der Waals surface area contributed by atoms with Crippen LogP contribution >= 0.6 is 15.9 Å². The highest BCUT2D eigenvalue weighted by atomic mass is 79.9. The quantitative estimate of drug-likeness (QED) is 0.862. The molecule has 1 aliphatic rings. The highest BCUT2D eigenvalue weighted by molar-refractivity contribution is 9.10. The molecule has 0 bridgehead atoms. The molecule has 0 aliphatic carbocycles. The third kappa shape index (κ3) is 2.94. The summed E-state index contributed by atoms with van der Waals surface area (Å²) in [6, 6.07) is 5.61. The Bertz CT molecular complexity index is 662. The van der Waals surface area contributed by atoms with Crippen molar-refractivity contribution in [1.82, 2.24) is 14.5 Å². The summed E-state index contributed by atoms with van der Waals surface area (Å²) in [6.45, 7) is 4.23. The van der Waals surface area contributed by atoms with Gasteiger partial charge in [0.05, 0.1) is 17.2 Å². The zero-order chi connectivity index (χ0) is 13.9. The zero-order valence-electron chi connectivity index (χ0n) is 11.4. The Morgan fingerprint density at radius 1 is 1.20 bits per heavy atom. The second-order valence-corrected chi connectivity index (χ2v) is 6.22. The van der Waals surface area contributed by atoms with E-state index in [2.05, 4.69) is 25.8 Å². The Hall–Kier alpha value is -1.20. The minimum absolute atomic E-state index is 0.0592. The van der Waals surface area contributed by atoms with Crippen LogP contribution in [0.4, 0.5) is 0 Å². The van der Waals surface area contributed by atoms with E-state index in [4.69, 9.17) is 0 Å². The largest absolute Gasteiger partial charge is 0.303 e. The standard InChI is InChI=1S/C15H18BrN3O/c16-12-4-5-13-14(10-12)17-11-19(15(13)20)9-3-8-18-6-1-2-7-18/h4-5,10-11H,1-3,6-9H2. The molecule has 3 rings (SSSR count). The molecule has 1 aromatic carbocycles. The lowest BCUT2D eigenvalue weighted by atomic mass is 10.2. The third-order valence-electron chi connectivity index (χ3n) is 3.86. The molecule has 0 radical (unpaired) electrons. The van der Waals surface area contributed by atoms with Crippen LogP contribution < -0.4 is 5.56 Å². The lowest BCUT2D eigenvalue weighted by Crippen LogP contribution is -2.25. The number of aromatic nitrogens is 2. The first-order valence-corrected chi connectivity index (χ1v) is 7.90. The van der Waals surface area contributed by atoms with E-state index in [1.807, 2.05) is 18.2 Å². The van der Waals surface area contributed by atoms with Crippen LogP contribution in [0, 0.1) is 0 Å². The summed E-state index contributed by atoms with van der Waals surface area (Å²) in [6.07, 6.45) is 5.30. The summed E-state index contributed by atoms with van der Waals surface area (Å²) in [5.74, 6) is 0. The molecule has 0 amide bonds. The van der Waals surface area contributed by atoms with Gasteiger partial charge in [0.25, 0.3) is 5.56 Å². The number of aryl methyl sites for hydroxylation is 1. The van der Waals surface area contributed by atoms with Crippen LogP contribution in [0.3, 0.4) is 0 Å². The fourth-order valence-electron chi connectivity index (χ4n) is 2.76. The van der Waals surface area contributed by atoms with Gasteiger partial charge in [-0.1, -0.05) is 15.9 Å². The molecule has 1 fully saturated rings. The Kier molecular flexibility index (Phi) is 4.17. The molecule has 0 spiro atoms. The fraction of sp³-hybridized carbons (Fsp3) is 0.467. The SMILES string of the molecule is O=c1c2ccc(Br)cc2ncn1CCCN1CCCC1. The highest BCUT2D eigenvalue weighted by Crippen LogP contribution is 2.15. The van der Waals surface area contributed by atoms with Gasteiger partial charge in [-0.25, -0.2) is 4.98 Å². The normalized spacial score (nSPS) is 16.1. The smallest absolute Gasteiger partial charge is 0.261 e. The van der Waals surface area contributed by atoms with Crippen LogP contribution in [0.15, 0.2) is 33.8 Å². The van der Waals surface area contributed by atoms with Crippen LogP contribution in [0.2, 0.25) is 0 Å². The van der Waals surface area contributed by atoms with Crippen LogP contribution in [-0.4, -0.2) is 34.1 Å². The summed E-state index contributed by atoms with van der Waals surface area (Å²) in [5.41, 5.74) is 0.809. The van der Waals surface area contributed by atoms with Gasteiger partial charge in [0, 0.05) is 11.0 Å². The lowest BCUT2D eigenvalue weighted by Gasteiger charge is -2.14. The van der Waals surface area contributed by atoms with Gasteiger partial charge in [0.2, 0.25) is 0 Å². The van der Waals surface area contributed by atoms with E-state index >= 15 is 0 Å². The topological polar surface area (TPSA) is 38.1 Å². The van der Waals surface area contributed by atoms with Crippen LogP contribution in [-0.2, 0) is 6.54 Å². The van der Waals surface area contributed by atoms with Crippen LogP contribution in [0.25, 0.3) is 10.9 Å². The molecule has 0 atom stereocenters. The van der Waals surface area contributed by atoms with Crippen LogP contribution in [0.5, 0.6) is 0 Å². The Labute approximate surface area is 126 Å². The average Bonchev–Trinajstić information content (AvgIpc) is 2.94. The molecular formula is C15H18BrN3O. The van der Waals surface area contributed by atoms with Crippen molar-refractivity contribution in [2.75, 3.05) is 19.6 Å². The van der Waals surface area contributed by atoms with E-state index in [0.717, 1.165) is 29.5 Å². The second kappa shape index (κ2) is 6.06. The molecule has 0 saturated carbocycles. The molecule has 4 nitrogen and oxygen atoms in total. The molecule has 0 N–H and O–H groups in total. The van der Waals surface area contributed by atoms with Crippen LogP contribution in [0.1, 0.15) is 19.3 Å². The number of hydrogen-bond donors (Lipinski definition) is 0. The molecule has 20 heavy (non-hydrogen) atoms. The second-order valence-electron chi connectivity index (χ2n) is 5.31. The third-order valence-corrected chi connectivity index (χ3v) is 4.35. The van der Waals surface area contributed by atoms with E-state index in [1.165, 1.54) is 25.9 Å². The van der Waals surface area contributed by atoms with Gasteiger partial charge in [-0.05, 0) is 57.1 Å². The number of halogens is 1. The van der Waals surface area contributed by atoms with Gasteiger partial charge >= 0.3 is 0 Å². The maximum atomic E-state index is 12.4. The maximum Gasteiger partial charge on any atom is 0.261 e. The summed E-state index contributed by atoms with van der Waals surface area (Å²) in [4.78, 5) is 19.2. The van der Waals surface area contributed by atoms with Gasteiger partial charge in [-0.15, -0.1) is 0 Å². The Morgan fingerprint density at radius 3 is 2.80 bits per heavy atom. The summed E-state index contributed by atoms with van der Waals surface area (Å²) >= 11 is 3.40. The first-order chi connectivity index (χ1) is 9.74. The molecule has 1 aliphatic heterocycles. The number of likely N-dealkylation sites (tertiary alicyclic amines) is 1. The van der Waals surface area contributed by atoms with Gasteiger partial charge < -0.3 is 4.90 Å². The molecule has 5 heteroatoms. The molecule has 1 aromatic heterocycles. The summed E-state index contributed by atoms with van der Waals surface area (Å²) < 4.78 is 2.68. The first-order valence-electron chi connectivity index (χ1n) is 7.11. The van der Waals surface area contributed by atoms with Crippen molar-refractivity contribution >= 4 is 26.8 Å². The van der Waals surface area contributed by atoms with E-state index in [1.54, 1.807) is 10.9 Å². The monoisotopic (exact) mass is 335 g/mol. The van der Waals surface area contributed by atoms with Crippen molar-refractivity contribution < 1.29 is 0 Å². The lowest BCUT2D eigenvalue weighted by molar-refractivity contribution is 0.324. The molecular weight excluding hydrogens is 318 g/mol. The zero-order valence-corrected chi connectivity index (χ0v) is 13.0. The molecule has 2 aromatic rings. The minimum Gasteiger partial charge on any atom is -0.303 e. The minimum atomic E-state index is 0.0592. The number of fused-ring (bicyclic) bond motifs is 1. The van der Waals surface area contributed by atoms with E-state index < -0.39 is 0 Å². The summed E-state index contributed by atoms with van der Waals surface area (Å²) in [5, 5.41) is 0.692. The average molecular weight is 336 g/mol. The predicted octanol–water partition coefficient (Wildman–Crippen LogP) is 2.64. The molecule has 0 unspecified atom stereocenters. The Morgan fingerprint density at radius 2 is 2.00 bits per heavy atom. The van der Waals surface area contributed by atoms with Crippen molar-refractivity contribution in [2.24, 2.45) is 0 Å².